The summed E-state index contributed by atoms with van der Waals surface area (Å²) in [6.07, 6.45) is 3.99. The van der Waals surface area contributed by atoms with Crippen LogP contribution in [0, 0.1) is 0 Å². The predicted octanol–water partition coefficient (Wildman–Crippen LogP) is 8.07. The molecule has 4 aromatic heterocycles. The standard InChI is InChI=1S/C39H26N5/c1-3-13-26(14-4-1)32-25-33(31-18-9-11-23-40-31)42-39(41-32)44-34-19-8-7-17-28(34)29-21-22-30-36(27-15-5-2-6-16-27)35-20-10-12-24-43(35)37(30)38(29)44/h1-25,36H/q+1. The van der Waals surface area contributed by atoms with Gasteiger partial charge in [-0.1, -0.05) is 103 Å². The Morgan fingerprint density at radius 3 is 2.18 bits per heavy atom. The van der Waals surface area contributed by atoms with Crippen LogP contribution >= 0.6 is 0 Å². The minimum absolute atomic E-state index is 0.115. The molecule has 9 rings (SSSR count). The normalized spacial score (nSPS) is 13.7. The Bertz CT molecular complexity index is 2270. The summed E-state index contributed by atoms with van der Waals surface area (Å²) in [4.78, 5) is 15.1. The van der Waals surface area contributed by atoms with Gasteiger partial charge in [-0.05, 0) is 29.8 Å². The summed E-state index contributed by atoms with van der Waals surface area (Å²) < 4.78 is 4.60. The van der Waals surface area contributed by atoms with Crippen molar-refractivity contribution >= 4 is 21.8 Å². The number of hydrogen-bond acceptors (Lipinski definition) is 3. The summed E-state index contributed by atoms with van der Waals surface area (Å²) in [5.41, 5.74) is 10.6. The van der Waals surface area contributed by atoms with E-state index in [0.717, 1.165) is 39.4 Å². The molecule has 1 unspecified atom stereocenters. The van der Waals surface area contributed by atoms with E-state index in [0.29, 0.717) is 5.95 Å². The molecule has 0 aliphatic carbocycles. The van der Waals surface area contributed by atoms with Gasteiger partial charge in [0.1, 0.15) is 11.4 Å². The maximum Gasteiger partial charge on any atom is 0.240 e. The molecule has 0 saturated carbocycles. The number of rotatable bonds is 4. The fourth-order valence-corrected chi connectivity index (χ4v) is 6.74. The second kappa shape index (κ2) is 9.82. The lowest BCUT2D eigenvalue weighted by Gasteiger charge is -2.12. The molecule has 0 saturated heterocycles. The molecule has 44 heavy (non-hydrogen) atoms. The van der Waals surface area contributed by atoms with Crippen molar-refractivity contribution in [2.45, 2.75) is 5.92 Å². The number of aromatic nitrogens is 5. The van der Waals surface area contributed by atoms with Crippen LogP contribution < -0.4 is 4.57 Å². The van der Waals surface area contributed by atoms with Gasteiger partial charge in [-0.2, -0.15) is 4.57 Å². The van der Waals surface area contributed by atoms with Crippen molar-refractivity contribution < 1.29 is 4.57 Å². The minimum Gasteiger partial charge on any atom is -0.271 e. The van der Waals surface area contributed by atoms with Crippen LogP contribution in [0.2, 0.25) is 0 Å². The van der Waals surface area contributed by atoms with E-state index in [1.165, 1.54) is 27.6 Å². The Labute approximate surface area is 254 Å². The maximum atomic E-state index is 5.25. The van der Waals surface area contributed by atoms with Gasteiger partial charge in [0.15, 0.2) is 11.9 Å². The molecule has 4 aromatic carbocycles. The van der Waals surface area contributed by atoms with Crippen LogP contribution in [0.4, 0.5) is 0 Å². The molecule has 5 heterocycles. The molecular formula is C39H26N5+. The average molecular weight is 565 g/mol. The van der Waals surface area contributed by atoms with Gasteiger partial charge in [-0.15, -0.1) is 0 Å². The highest BCUT2D eigenvalue weighted by molar-refractivity contribution is 6.11. The van der Waals surface area contributed by atoms with Crippen LogP contribution in [-0.4, -0.2) is 19.5 Å². The van der Waals surface area contributed by atoms with Crippen molar-refractivity contribution in [3.05, 3.63) is 169 Å². The van der Waals surface area contributed by atoms with E-state index in [1.807, 2.05) is 48.7 Å². The zero-order valence-electron chi connectivity index (χ0n) is 23.7. The van der Waals surface area contributed by atoms with E-state index >= 15 is 0 Å². The highest BCUT2D eigenvalue weighted by atomic mass is 15.2. The molecule has 0 bridgehead atoms. The molecule has 1 aliphatic heterocycles. The third-order valence-electron chi connectivity index (χ3n) is 8.62. The first-order chi connectivity index (χ1) is 21.8. The molecule has 0 fully saturated rings. The molecule has 5 nitrogen and oxygen atoms in total. The van der Waals surface area contributed by atoms with Crippen molar-refractivity contribution in [2.75, 3.05) is 0 Å². The van der Waals surface area contributed by atoms with Gasteiger partial charge in [0, 0.05) is 40.2 Å². The molecule has 1 atom stereocenters. The van der Waals surface area contributed by atoms with Crippen molar-refractivity contribution in [1.82, 2.24) is 19.5 Å². The van der Waals surface area contributed by atoms with Crippen LogP contribution in [0.1, 0.15) is 22.7 Å². The van der Waals surface area contributed by atoms with E-state index < -0.39 is 0 Å². The lowest BCUT2D eigenvalue weighted by atomic mass is 9.89. The lowest BCUT2D eigenvalue weighted by molar-refractivity contribution is -0.596. The molecular weight excluding hydrogens is 538 g/mol. The molecule has 0 N–H and O–H groups in total. The Kier molecular flexibility index (Phi) is 5.50. The van der Waals surface area contributed by atoms with E-state index in [2.05, 4.69) is 117 Å². The van der Waals surface area contributed by atoms with Gasteiger partial charge in [0.05, 0.1) is 22.6 Å². The SMILES string of the molecule is c1ccc(-c2cc(-c3ccccn3)nc(-n3c4ccccc4c4ccc5c(c43)-[n+]3ccccc3C5c3ccccc3)n2)cc1. The van der Waals surface area contributed by atoms with Crippen LogP contribution in [-0.2, 0) is 0 Å². The Morgan fingerprint density at radius 2 is 1.34 bits per heavy atom. The monoisotopic (exact) mass is 564 g/mol. The van der Waals surface area contributed by atoms with E-state index in [-0.39, 0.29) is 5.92 Å². The van der Waals surface area contributed by atoms with Crippen LogP contribution in [0.5, 0.6) is 0 Å². The van der Waals surface area contributed by atoms with Crippen molar-refractivity contribution in [3.63, 3.8) is 0 Å². The summed E-state index contributed by atoms with van der Waals surface area (Å²) in [5.74, 6) is 0.733. The molecule has 0 spiro atoms. The third-order valence-corrected chi connectivity index (χ3v) is 8.62. The molecule has 5 heteroatoms. The number of para-hydroxylation sites is 1. The second-order valence-corrected chi connectivity index (χ2v) is 11.1. The van der Waals surface area contributed by atoms with Crippen LogP contribution in [0.25, 0.3) is 56.1 Å². The smallest absolute Gasteiger partial charge is 0.240 e. The first-order valence-corrected chi connectivity index (χ1v) is 14.8. The second-order valence-electron chi connectivity index (χ2n) is 11.1. The fraction of sp³-hybridized carbons (Fsp3) is 0.0256. The Balaban J connectivity index is 1.41. The van der Waals surface area contributed by atoms with Gasteiger partial charge < -0.3 is 0 Å². The van der Waals surface area contributed by atoms with Gasteiger partial charge in [-0.3, -0.25) is 9.55 Å². The molecule has 8 aromatic rings. The number of pyridine rings is 2. The number of benzene rings is 4. The van der Waals surface area contributed by atoms with E-state index in [4.69, 9.17) is 9.97 Å². The minimum atomic E-state index is 0.115. The van der Waals surface area contributed by atoms with Gasteiger partial charge >= 0.3 is 0 Å². The number of fused-ring (bicyclic) bond motifs is 7. The molecule has 1 aliphatic rings. The quantitative estimate of drug-likeness (QED) is 0.203. The predicted molar refractivity (Wildman–Crippen MR) is 174 cm³/mol. The van der Waals surface area contributed by atoms with E-state index in [9.17, 15) is 0 Å². The highest BCUT2D eigenvalue weighted by Crippen LogP contribution is 2.43. The lowest BCUT2D eigenvalue weighted by Crippen LogP contribution is -2.32. The average Bonchev–Trinajstić information content (AvgIpc) is 3.62. The molecule has 0 radical (unpaired) electrons. The Hall–Kier alpha value is -5.94. The van der Waals surface area contributed by atoms with Crippen LogP contribution in [0.15, 0.2) is 152 Å². The largest absolute Gasteiger partial charge is 0.271 e. The van der Waals surface area contributed by atoms with Crippen molar-refractivity contribution in [2.24, 2.45) is 0 Å². The van der Waals surface area contributed by atoms with Crippen LogP contribution in [0.3, 0.4) is 0 Å². The number of hydrogen-bond donors (Lipinski definition) is 0. The summed E-state index contributed by atoms with van der Waals surface area (Å²) in [6.45, 7) is 0. The summed E-state index contributed by atoms with van der Waals surface area (Å²) in [7, 11) is 0. The summed E-state index contributed by atoms with van der Waals surface area (Å²) in [5, 5.41) is 2.34. The molecule has 206 valence electrons. The number of nitrogens with zero attached hydrogens (tertiary/aromatic N) is 5. The van der Waals surface area contributed by atoms with Gasteiger partial charge in [-0.25, -0.2) is 9.97 Å². The Morgan fingerprint density at radius 1 is 0.591 bits per heavy atom. The maximum absolute atomic E-state index is 5.25. The van der Waals surface area contributed by atoms with Crippen molar-refractivity contribution in [3.8, 4) is 34.3 Å². The zero-order chi connectivity index (χ0) is 29.0. The third kappa shape index (κ3) is 3.73. The zero-order valence-corrected chi connectivity index (χ0v) is 23.7. The highest BCUT2D eigenvalue weighted by Gasteiger charge is 2.40. The topological polar surface area (TPSA) is 47.5 Å². The first-order valence-electron chi connectivity index (χ1n) is 14.8. The summed E-state index contributed by atoms with van der Waals surface area (Å²) in [6, 6.07) is 48.7. The molecule has 0 amide bonds. The fourth-order valence-electron chi connectivity index (χ4n) is 6.74. The summed E-state index contributed by atoms with van der Waals surface area (Å²) >= 11 is 0. The van der Waals surface area contributed by atoms with Crippen molar-refractivity contribution in [1.29, 1.82) is 0 Å². The van der Waals surface area contributed by atoms with Gasteiger partial charge in [0.25, 0.3) is 0 Å². The van der Waals surface area contributed by atoms with E-state index in [1.54, 1.807) is 0 Å². The van der Waals surface area contributed by atoms with Gasteiger partial charge in [0.2, 0.25) is 11.6 Å². The first kappa shape index (κ1) is 24.6.